The molecule has 1 aromatic rings. The van der Waals surface area contributed by atoms with Crippen molar-refractivity contribution >= 4 is 23.4 Å². The first-order valence-corrected chi connectivity index (χ1v) is 4.30. The lowest BCUT2D eigenvalue weighted by Gasteiger charge is -2.04. The molecule has 0 radical (unpaired) electrons. The van der Waals surface area contributed by atoms with Gasteiger partial charge in [0.1, 0.15) is 5.16 Å². The van der Waals surface area contributed by atoms with E-state index in [2.05, 4.69) is 5.32 Å². The van der Waals surface area contributed by atoms with Gasteiger partial charge in [-0.3, -0.25) is 0 Å². The monoisotopic (exact) mass is 194 g/mol. The van der Waals surface area contributed by atoms with E-state index in [0.29, 0.717) is 10.7 Å². The van der Waals surface area contributed by atoms with Crippen LogP contribution >= 0.6 is 11.6 Å². The first-order valence-electron chi connectivity index (χ1n) is 3.93. The average Bonchev–Trinajstić information content (AvgIpc) is 2.20. The van der Waals surface area contributed by atoms with Crippen LogP contribution in [0, 0.1) is 5.41 Å². The summed E-state index contributed by atoms with van der Waals surface area (Å²) in [6.45, 7) is 0. The Balaban J connectivity index is 3.12. The van der Waals surface area contributed by atoms with Gasteiger partial charge < -0.3 is 10.7 Å². The number of benzene rings is 1. The minimum Gasteiger partial charge on any atom is -0.378 e. The van der Waals surface area contributed by atoms with Crippen LogP contribution < -0.4 is 5.32 Å². The van der Waals surface area contributed by atoms with E-state index in [4.69, 9.17) is 17.0 Å². The molecule has 3 heteroatoms. The second-order valence-electron chi connectivity index (χ2n) is 2.49. The summed E-state index contributed by atoms with van der Waals surface area (Å²) >= 11 is 5.88. The third-order valence-corrected chi connectivity index (χ3v) is 2.08. The molecule has 0 bridgehead atoms. The van der Waals surface area contributed by atoms with Gasteiger partial charge in [-0.15, -0.1) is 0 Å². The molecular formula is C10H11ClN2. The highest BCUT2D eigenvalue weighted by Crippen LogP contribution is 2.16. The smallest absolute Gasteiger partial charge is 0.111 e. The summed E-state index contributed by atoms with van der Waals surface area (Å²) in [6, 6.07) is 9.59. The van der Waals surface area contributed by atoms with Crippen molar-refractivity contribution in [2.75, 3.05) is 7.05 Å². The van der Waals surface area contributed by atoms with E-state index in [9.17, 15) is 0 Å². The zero-order chi connectivity index (χ0) is 9.68. The molecule has 2 nitrogen and oxygen atoms in total. The van der Waals surface area contributed by atoms with Crippen molar-refractivity contribution in [1.29, 1.82) is 5.41 Å². The van der Waals surface area contributed by atoms with Gasteiger partial charge in [0.2, 0.25) is 0 Å². The lowest BCUT2D eigenvalue weighted by atomic mass is 10.1. The van der Waals surface area contributed by atoms with Crippen LogP contribution in [0.5, 0.6) is 0 Å². The molecule has 0 amide bonds. The maximum absolute atomic E-state index is 7.22. The number of allylic oxidation sites excluding steroid dienone is 1. The molecule has 0 heterocycles. The number of rotatable bonds is 3. The van der Waals surface area contributed by atoms with Gasteiger partial charge in [0.25, 0.3) is 0 Å². The summed E-state index contributed by atoms with van der Waals surface area (Å²) in [5.74, 6) is 0. The van der Waals surface area contributed by atoms with Gasteiger partial charge in [0, 0.05) is 18.8 Å². The zero-order valence-electron chi connectivity index (χ0n) is 7.34. The molecule has 1 rings (SSSR count). The highest BCUT2D eigenvalue weighted by molar-refractivity contribution is 6.36. The average molecular weight is 195 g/mol. The van der Waals surface area contributed by atoms with Gasteiger partial charge in [-0.25, -0.2) is 0 Å². The van der Waals surface area contributed by atoms with Gasteiger partial charge in [-0.1, -0.05) is 41.9 Å². The van der Waals surface area contributed by atoms with E-state index in [1.54, 1.807) is 7.05 Å². The van der Waals surface area contributed by atoms with Crippen LogP contribution in [0.25, 0.3) is 5.57 Å². The van der Waals surface area contributed by atoms with Gasteiger partial charge >= 0.3 is 0 Å². The molecule has 0 aromatic heterocycles. The summed E-state index contributed by atoms with van der Waals surface area (Å²) in [5, 5.41) is 10.5. The molecule has 0 aliphatic rings. The largest absolute Gasteiger partial charge is 0.378 e. The molecule has 0 fully saturated rings. The molecule has 68 valence electrons. The Kier molecular flexibility index (Phi) is 3.53. The van der Waals surface area contributed by atoms with E-state index in [1.807, 2.05) is 30.3 Å². The first kappa shape index (κ1) is 9.81. The fourth-order valence-electron chi connectivity index (χ4n) is 1.03. The van der Waals surface area contributed by atoms with E-state index in [0.717, 1.165) is 5.56 Å². The van der Waals surface area contributed by atoms with Crippen molar-refractivity contribution in [2.24, 2.45) is 0 Å². The second kappa shape index (κ2) is 4.67. The SMILES string of the molecule is CN/C(Cl)=C(\C=N)c1ccccc1. The molecule has 0 unspecified atom stereocenters. The van der Waals surface area contributed by atoms with Gasteiger partial charge in [0.05, 0.1) is 0 Å². The molecule has 0 spiro atoms. The molecule has 0 aliphatic carbocycles. The van der Waals surface area contributed by atoms with Crippen molar-refractivity contribution in [3.05, 3.63) is 41.1 Å². The van der Waals surface area contributed by atoms with Gasteiger partial charge in [-0.2, -0.15) is 0 Å². The molecule has 1 aromatic carbocycles. The van der Waals surface area contributed by atoms with Crippen LogP contribution in [0.1, 0.15) is 5.56 Å². The molecule has 0 aliphatic heterocycles. The Morgan fingerprint density at radius 3 is 2.46 bits per heavy atom. The van der Waals surface area contributed by atoms with E-state index in [-0.39, 0.29) is 0 Å². The van der Waals surface area contributed by atoms with Crippen LogP contribution in [0.15, 0.2) is 35.5 Å². The zero-order valence-corrected chi connectivity index (χ0v) is 8.10. The van der Waals surface area contributed by atoms with E-state index >= 15 is 0 Å². The van der Waals surface area contributed by atoms with Crippen molar-refractivity contribution in [2.45, 2.75) is 0 Å². The quantitative estimate of drug-likeness (QED) is 0.563. The van der Waals surface area contributed by atoms with Crippen LogP contribution in [0.4, 0.5) is 0 Å². The van der Waals surface area contributed by atoms with Crippen LogP contribution in [-0.4, -0.2) is 13.3 Å². The molecule has 0 saturated carbocycles. The number of hydrogen-bond acceptors (Lipinski definition) is 2. The Bertz CT molecular complexity index is 317. The van der Waals surface area contributed by atoms with Crippen molar-refractivity contribution in [1.82, 2.24) is 5.32 Å². The Morgan fingerprint density at radius 2 is 2.00 bits per heavy atom. The normalized spacial score (nSPS) is 11.8. The van der Waals surface area contributed by atoms with E-state index in [1.165, 1.54) is 6.21 Å². The fraction of sp³-hybridized carbons (Fsp3) is 0.100. The Hall–Kier alpha value is -1.28. The predicted octanol–water partition coefficient (Wildman–Crippen LogP) is 2.46. The molecular weight excluding hydrogens is 184 g/mol. The number of hydrogen-bond donors (Lipinski definition) is 2. The minimum atomic E-state index is 0.487. The van der Waals surface area contributed by atoms with Crippen LogP contribution in [0.3, 0.4) is 0 Å². The van der Waals surface area contributed by atoms with Gasteiger partial charge in [-0.05, 0) is 5.56 Å². The third-order valence-electron chi connectivity index (χ3n) is 1.69. The fourth-order valence-corrected chi connectivity index (χ4v) is 1.19. The third kappa shape index (κ3) is 2.33. The topological polar surface area (TPSA) is 35.9 Å². The standard InChI is InChI=1S/C10H11ClN2/c1-13-10(11)9(7-12)8-5-3-2-4-6-8/h2-7,12-13H,1H3/b10-9+,12-7?. The molecule has 13 heavy (non-hydrogen) atoms. The van der Waals surface area contributed by atoms with E-state index < -0.39 is 0 Å². The lowest BCUT2D eigenvalue weighted by molar-refractivity contribution is 1.08. The van der Waals surface area contributed by atoms with Crippen LogP contribution in [0.2, 0.25) is 0 Å². The summed E-state index contributed by atoms with van der Waals surface area (Å²) in [5.41, 5.74) is 1.64. The summed E-state index contributed by atoms with van der Waals surface area (Å²) < 4.78 is 0. The first-order chi connectivity index (χ1) is 6.29. The highest BCUT2D eigenvalue weighted by atomic mass is 35.5. The highest BCUT2D eigenvalue weighted by Gasteiger charge is 2.02. The molecule has 0 atom stereocenters. The summed E-state index contributed by atoms with van der Waals surface area (Å²) in [6.07, 6.45) is 1.24. The minimum absolute atomic E-state index is 0.487. The maximum Gasteiger partial charge on any atom is 0.111 e. The second-order valence-corrected chi connectivity index (χ2v) is 2.87. The maximum atomic E-state index is 7.22. The Morgan fingerprint density at radius 1 is 1.38 bits per heavy atom. The van der Waals surface area contributed by atoms with Crippen molar-refractivity contribution in [3.63, 3.8) is 0 Å². The number of nitrogens with one attached hydrogen (secondary N) is 2. The van der Waals surface area contributed by atoms with Crippen LogP contribution in [-0.2, 0) is 0 Å². The summed E-state index contributed by atoms with van der Waals surface area (Å²) in [7, 11) is 1.73. The Labute approximate surface area is 82.7 Å². The number of halogens is 1. The summed E-state index contributed by atoms with van der Waals surface area (Å²) in [4.78, 5) is 0. The lowest BCUT2D eigenvalue weighted by Crippen LogP contribution is -2.03. The van der Waals surface area contributed by atoms with Crippen molar-refractivity contribution in [3.8, 4) is 0 Å². The molecule has 0 saturated heterocycles. The van der Waals surface area contributed by atoms with Crippen molar-refractivity contribution < 1.29 is 0 Å². The predicted molar refractivity (Wildman–Crippen MR) is 57.1 cm³/mol. The molecule has 2 N–H and O–H groups in total. The van der Waals surface area contributed by atoms with Gasteiger partial charge in [0.15, 0.2) is 0 Å².